The van der Waals surface area contributed by atoms with E-state index in [1.807, 2.05) is 24.3 Å². The summed E-state index contributed by atoms with van der Waals surface area (Å²) < 4.78 is 5.97. The SMILES string of the molecule is COc1ccc([N+](=O)[O-])cc1NC(=O)NCc1ccccc1Br. The molecule has 0 aliphatic rings. The molecule has 0 bridgehead atoms. The Labute approximate surface area is 140 Å². The first-order valence-electron chi connectivity index (χ1n) is 6.62. The van der Waals surface area contributed by atoms with Gasteiger partial charge in [0.25, 0.3) is 5.69 Å². The molecule has 0 heterocycles. The summed E-state index contributed by atoms with van der Waals surface area (Å²) in [6, 6.07) is 11.0. The number of rotatable bonds is 5. The molecule has 7 nitrogen and oxygen atoms in total. The lowest BCUT2D eigenvalue weighted by molar-refractivity contribution is -0.384. The second-order valence-electron chi connectivity index (χ2n) is 4.54. The number of nitrogens with one attached hydrogen (secondary N) is 2. The maximum absolute atomic E-state index is 12.0. The zero-order chi connectivity index (χ0) is 16.8. The van der Waals surface area contributed by atoms with E-state index in [-0.39, 0.29) is 11.4 Å². The Morgan fingerprint density at radius 3 is 2.70 bits per heavy atom. The summed E-state index contributed by atoms with van der Waals surface area (Å²) >= 11 is 3.39. The predicted octanol–water partition coefficient (Wildman–Crippen LogP) is 3.69. The molecule has 0 spiro atoms. The number of carbonyl (C=O) groups is 1. The van der Waals surface area contributed by atoms with Crippen LogP contribution in [0.1, 0.15) is 5.56 Å². The summed E-state index contributed by atoms with van der Waals surface area (Å²) in [7, 11) is 1.42. The number of ether oxygens (including phenoxy) is 1. The first-order chi connectivity index (χ1) is 11.0. The van der Waals surface area contributed by atoms with E-state index in [9.17, 15) is 14.9 Å². The highest BCUT2D eigenvalue weighted by atomic mass is 79.9. The number of methoxy groups -OCH3 is 1. The Balaban J connectivity index is 2.06. The quantitative estimate of drug-likeness (QED) is 0.611. The second kappa shape index (κ2) is 7.59. The van der Waals surface area contributed by atoms with Crippen LogP contribution >= 0.6 is 15.9 Å². The molecule has 2 aromatic rings. The van der Waals surface area contributed by atoms with E-state index in [4.69, 9.17) is 4.74 Å². The van der Waals surface area contributed by atoms with Gasteiger partial charge in [-0.15, -0.1) is 0 Å². The second-order valence-corrected chi connectivity index (χ2v) is 5.40. The van der Waals surface area contributed by atoms with E-state index in [1.165, 1.54) is 25.3 Å². The average molecular weight is 380 g/mol. The van der Waals surface area contributed by atoms with Gasteiger partial charge in [0.1, 0.15) is 5.75 Å². The molecule has 0 atom stereocenters. The molecule has 8 heteroatoms. The van der Waals surface area contributed by atoms with Crippen molar-refractivity contribution in [3.05, 3.63) is 62.6 Å². The zero-order valence-electron chi connectivity index (χ0n) is 12.2. The maximum Gasteiger partial charge on any atom is 0.319 e. The molecule has 0 saturated heterocycles. The minimum atomic E-state index is -0.538. The number of amides is 2. The highest BCUT2D eigenvalue weighted by Crippen LogP contribution is 2.28. The van der Waals surface area contributed by atoms with Gasteiger partial charge in [-0.25, -0.2) is 4.79 Å². The Hall–Kier alpha value is -2.61. The summed E-state index contributed by atoms with van der Waals surface area (Å²) in [5, 5.41) is 16.1. The molecule has 2 aromatic carbocycles. The fourth-order valence-electron chi connectivity index (χ4n) is 1.89. The Morgan fingerprint density at radius 2 is 2.04 bits per heavy atom. The molecule has 120 valence electrons. The van der Waals surface area contributed by atoms with Crippen LogP contribution in [0.3, 0.4) is 0 Å². The van der Waals surface area contributed by atoms with Gasteiger partial charge in [-0.2, -0.15) is 0 Å². The summed E-state index contributed by atoms with van der Waals surface area (Å²) in [5.74, 6) is 0.339. The summed E-state index contributed by atoms with van der Waals surface area (Å²) in [6.07, 6.45) is 0. The number of nitrogens with zero attached hydrogens (tertiary/aromatic N) is 1. The van der Waals surface area contributed by atoms with Gasteiger partial charge in [-0.1, -0.05) is 34.1 Å². The smallest absolute Gasteiger partial charge is 0.319 e. The lowest BCUT2D eigenvalue weighted by Crippen LogP contribution is -2.28. The van der Waals surface area contributed by atoms with Crippen LogP contribution in [0.2, 0.25) is 0 Å². The third-order valence-corrected chi connectivity index (χ3v) is 3.81. The molecule has 2 amide bonds. The summed E-state index contributed by atoms with van der Waals surface area (Å²) in [4.78, 5) is 22.3. The van der Waals surface area contributed by atoms with Crippen molar-refractivity contribution < 1.29 is 14.5 Å². The van der Waals surface area contributed by atoms with Crippen LogP contribution in [0.5, 0.6) is 5.75 Å². The lowest BCUT2D eigenvalue weighted by Gasteiger charge is -2.11. The number of carbonyl (C=O) groups excluding carboxylic acids is 1. The third-order valence-electron chi connectivity index (χ3n) is 3.04. The molecule has 0 unspecified atom stereocenters. The first-order valence-corrected chi connectivity index (χ1v) is 7.41. The number of halogens is 1. The van der Waals surface area contributed by atoms with Crippen molar-refractivity contribution >= 4 is 33.3 Å². The van der Waals surface area contributed by atoms with Crippen molar-refractivity contribution in [2.75, 3.05) is 12.4 Å². The Kier molecular flexibility index (Phi) is 5.53. The summed E-state index contributed by atoms with van der Waals surface area (Å²) in [5.41, 5.74) is 1.01. The molecule has 2 rings (SSSR count). The van der Waals surface area contributed by atoms with E-state index < -0.39 is 11.0 Å². The van der Waals surface area contributed by atoms with Crippen molar-refractivity contribution in [1.29, 1.82) is 0 Å². The van der Waals surface area contributed by atoms with Crippen molar-refractivity contribution in [2.24, 2.45) is 0 Å². The van der Waals surface area contributed by atoms with Crippen LogP contribution in [0, 0.1) is 10.1 Å². The van der Waals surface area contributed by atoms with Gasteiger partial charge in [0, 0.05) is 23.2 Å². The van der Waals surface area contributed by atoms with Gasteiger partial charge < -0.3 is 15.4 Å². The maximum atomic E-state index is 12.0. The van der Waals surface area contributed by atoms with Crippen LogP contribution in [0.4, 0.5) is 16.2 Å². The minimum absolute atomic E-state index is 0.132. The van der Waals surface area contributed by atoms with E-state index in [0.717, 1.165) is 10.0 Å². The number of non-ortho nitro benzene ring substituents is 1. The minimum Gasteiger partial charge on any atom is -0.495 e. The Bertz CT molecular complexity index is 736. The Morgan fingerprint density at radius 1 is 1.30 bits per heavy atom. The molecule has 0 fully saturated rings. The molecule has 0 aliphatic carbocycles. The lowest BCUT2D eigenvalue weighted by atomic mass is 10.2. The molecule has 2 N–H and O–H groups in total. The third kappa shape index (κ3) is 4.43. The standard InChI is InChI=1S/C15H14BrN3O4/c1-23-14-7-6-11(19(21)22)8-13(14)18-15(20)17-9-10-4-2-3-5-12(10)16/h2-8H,9H2,1H3,(H2,17,18,20). The van der Waals surface area contributed by atoms with Gasteiger partial charge >= 0.3 is 6.03 Å². The van der Waals surface area contributed by atoms with Crippen molar-refractivity contribution in [3.63, 3.8) is 0 Å². The molecule has 0 radical (unpaired) electrons. The van der Waals surface area contributed by atoms with E-state index in [0.29, 0.717) is 12.3 Å². The van der Waals surface area contributed by atoms with Gasteiger partial charge in [0.15, 0.2) is 0 Å². The number of hydrogen-bond acceptors (Lipinski definition) is 4. The number of anilines is 1. The van der Waals surface area contributed by atoms with Gasteiger partial charge in [0.05, 0.1) is 17.7 Å². The molecular weight excluding hydrogens is 366 g/mol. The van der Waals surface area contributed by atoms with E-state index >= 15 is 0 Å². The fourth-order valence-corrected chi connectivity index (χ4v) is 2.32. The van der Waals surface area contributed by atoms with Crippen LogP contribution in [0.25, 0.3) is 0 Å². The van der Waals surface area contributed by atoms with Gasteiger partial charge in [0.2, 0.25) is 0 Å². The van der Waals surface area contributed by atoms with Crippen molar-refractivity contribution in [3.8, 4) is 5.75 Å². The monoisotopic (exact) mass is 379 g/mol. The summed E-state index contributed by atoms with van der Waals surface area (Å²) in [6.45, 7) is 0.310. The molecule has 0 aliphatic heterocycles. The van der Waals surface area contributed by atoms with Crippen molar-refractivity contribution in [2.45, 2.75) is 6.54 Å². The first kappa shape index (κ1) is 16.8. The zero-order valence-corrected chi connectivity index (χ0v) is 13.8. The van der Waals surface area contributed by atoms with Crippen LogP contribution in [0.15, 0.2) is 46.9 Å². The van der Waals surface area contributed by atoms with Crippen LogP contribution in [-0.4, -0.2) is 18.1 Å². The molecule has 0 aromatic heterocycles. The number of nitro groups is 1. The number of urea groups is 1. The number of hydrogen-bond donors (Lipinski definition) is 2. The number of nitro benzene ring substituents is 1. The molecular formula is C15H14BrN3O4. The molecule has 23 heavy (non-hydrogen) atoms. The van der Waals surface area contributed by atoms with Crippen LogP contribution < -0.4 is 15.4 Å². The largest absolute Gasteiger partial charge is 0.495 e. The highest BCUT2D eigenvalue weighted by Gasteiger charge is 2.13. The van der Waals surface area contributed by atoms with Crippen LogP contribution in [-0.2, 0) is 6.54 Å². The highest BCUT2D eigenvalue weighted by molar-refractivity contribution is 9.10. The molecule has 0 saturated carbocycles. The van der Waals surface area contributed by atoms with E-state index in [1.54, 1.807) is 0 Å². The number of benzene rings is 2. The van der Waals surface area contributed by atoms with E-state index in [2.05, 4.69) is 26.6 Å². The normalized spacial score (nSPS) is 10.0. The fraction of sp³-hybridized carbons (Fsp3) is 0.133. The predicted molar refractivity (Wildman–Crippen MR) is 89.6 cm³/mol. The van der Waals surface area contributed by atoms with Gasteiger partial charge in [-0.05, 0) is 17.7 Å². The average Bonchev–Trinajstić information content (AvgIpc) is 2.54. The van der Waals surface area contributed by atoms with Gasteiger partial charge in [-0.3, -0.25) is 10.1 Å². The topological polar surface area (TPSA) is 93.5 Å². The van der Waals surface area contributed by atoms with Crippen molar-refractivity contribution in [1.82, 2.24) is 5.32 Å².